The fourth-order valence-corrected chi connectivity index (χ4v) is 2.19. The van der Waals surface area contributed by atoms with E-state index < -0.39 is 9.84 Å². The van der Waals surface area contributed by atoms with E-state index in [1.54, 1.807) is 20.0 Å². The van der Waals surface area contributed by atoms with Crippen LogP contribution in [-0.2, 0) is 9.84 Å². The summed E-state index contributed by atoms with van der Waals surface area (Å²) in [5.74, 6) is 1.47. The first-order valence-corrected chi connectivity index (χ1v) is 7.41. The Bertz CT molecular complexity index is 451. The molecule has 1 unspecified atom stereocenters. The van der Waals surface area contributed by atoms with Gasteiger partial charge in [0.2, 0.25) is 5.89 Å². The molecule has 0 aromatic carbocycles. The van der Waals surface area contributed by atoms with Crippen LogP contribution < -0.4 is 5.32 Å². The number of aryl methyl sites for hydroxylation is 1. The monoisotopic (exact) mass is 260 g/mol. The summed E-state index contributed by atoms with van der Waals surface area (Å²) in [6, 6.07) is -0.0777. The van der Waals surface area contributed by atoms with E-state index in [0.29, 0.717) is 12.4 Å². The van der Waals surface area contributed by atoms with Crippen molar-refractivity contribution in [2.75, 3.05) is 12.3 Å². The molecule has 5 nitrogen and oxygen atoms in total. The van der Waals surface area contributed by atoms with Crippen molar-refractivity contribution in [3.8, 4) is 0 Å². The van der Waals surface area contributed by atoms with Gasteiger partial charge in [0.05, 0.1) is 23.2 Å². The van der Waals surface area contributed by atoms with Gasteiger partial charge in [-0.05, 0) is 27.7 Å². The Morgan fingerprint density at radius 3 is 2.53 bits per heavy atom. The predicted molar refractivity (Wildman–Crippen MR) is 66.6 cm³/mol. The first kappa shape index (κ1) is 14.2. The minimum Gasteiger partial charge on any atom is -0.444 e. The lowest BCUT2D eigenvalue weighted by Gasteiger charge is -2.11. The van der Waals surface area contributed by atoms with Crippen LogP contribution >= 0.6 is 0 Å². The smallest absolute Gasteiger partial charge is 0.211 e. The van der Waals surface area contributed by atoms with E-state index in [1.807, 2.05) is 13.8 Å². The van der Waals surface area contributed by atoms with E-state index in [2.05, 4.69) is 10.3 Å². The Kier molecular flexibility index (Phi) is 4.70. The van der Waals surface area contributed by atoms with E-state index in [0.717, 1.165) is 5.76 Å². The van der Waals surface area contributed by atoms with Crippen LogP contribution in [0.4, 0.5) is 0 Å². The molecule has 1 heterocycles. The summed E-state index contributed by atoms with van der Waals surface area (Å²) in [5.41, 5.74) is 0. The van der Waals surface area contributed by atoms with Crippen LogP contribution in [0.15, 0.2) is 10.6 Å². The number of hydrogen-bond donors (Lipinski definition) is 1. The fraction of sp³-hybridized carbons (Fsp3) is 0.727. The van der Waals surface area contributed by atoms with Crippen molar-refractivity contribution < 1.29 is 12.8 Å². The highest BCUT2D eigenvalue weighted by atomic mass is 32.2. The molecular formula is C11H20N2O3S. The highest BCUT2D eigenvalue weighted by Crippen LogP contribution is 2.11. The molecule has 0 spiro atoms. The van der Waals surface area contributed by atoms with E-state index >= 15 is 0 Å². The first-order valence-electron chi connectivity index (χ1n) is 5.70. The minimum atomic E-state index is -2.98. The third-order valence-electron chi connectivity index (χ3n) is 2.56. The van der Waals surface area contributed by atoms with Crippen molar-refractivity contribution in [3.63, 3.8) is 0 Å². The standard InChI is InChI=1S/C11H20N2O3S/c1-8(2)17(14,15)6-5-12-10(4)11-13-7-9(3)16-11/h7-8,10,12H,5-6H2,1-4H3. The van der Waals surface area contributed by atoms with Crippen molar-refractivity contribution in [1.82, 2.24) is 10.3 Å². The number of aromatic nitrogens is 1. The van der Waals surface area contributed by atoms with Crippen LogP contribution in [0, 0.1) is 6.92 Å². The molecule has 6 heteroatoms. The zero-order valence-corrected chi connectivity index (χ0v) is 11.5. The van der Waals surface area contributed by atoms with Gasteiger partial charge in [-0.25, -0.2) is 13.4 Å². The third-order valence-corrected chi connectivity index (χ3v) is 4.77. The van der Waals surface area contributed by atoms with Crippen LogP contribution in [-0.4, -0.2) is 30.9 Å². The molecule has 0 radical (unpaired) electrons. The fourth-order valence-electron chi connectivity index (χ4n) is 1.31. The molecule has 0 aliphatic carbocycles. The molecule has 17 heavy (non-hydrogen) atoms. The van der Waals surface area contributed by atoms with E-state index in [1.165, 1.54) is 0 Å². The molecule has 98 valence electrons. The molecule has 0 amide bonds. The maximum absolute atomic E-state index is 11.6. The zero-order chi connectivity index (χ0) is 13.1. The van der Waals surface area contributed by atoms with Crippen molar-refractivity contribution in [2.45, 2.75) is 39.0 Å². The average Bonchev–Trinajstić information content (AvgIpc) is 2.64. The maximum Gasteiger partial charge on any atom is 0.211 e. The molecule has 1 aromatic rings. The summed E-state index contributed by atoms with van der Waals surface area (Å²) in [6.45, 7) is 7.51. The molecule has 0 aliphatic heterocycles. The summed E-state index contributed by atoms with van der Waals surface area (Å²) in [7, 11) is -2.98. The van der Waals surface area contributed by atoms with Crippen LogP contribution in [0.25, 0.3) is 0 Å². The molecule has 0 fully saturated rings. The van der Waals surface area contributed by atoms with Crippen LogP contribution in [0.5, 0.6) is 0 Å². The van der Waals surface area contributed by atoms with Gasteiger partial charge in [-0.3, -0.25) is 0 Å². The van der Waals surface area contributed by atoms with Gasteiger partial charge in [-0.15, -0.1) is 0 Å². The molecule has 1 N–H and O–H groups in total. The quantitative estimate of drug-likeness (QED) is 0.838. The Labute approximate surface area is 103 Å². The number of hydrogen-bond acceptors (Lipinski definition) is 5. The number of oxazole rings is 1. The largest absolute Gasteiger partial charge is 0.444 e. The van der Waals surface area contributed by atoms with Crippen molar-refractivity contribution in [2.24, 2.45) is 0 Å². The molecule has 1 aromatic heterocycles. The van der Waals surface area contributed by atoms with Crippen molar-refractivity contribution >= 4 is 9.84 Å². The maximum atomic E-state index is 11.6. The lowest BCUT2D eigenvalue weighted by Crippen LogP contribution is -2.29. The summed E-state index contributed by atoms with van der Waals surface area (Å²) in [4.78, 5) is 4.09. The van der Waals surface area contributed by atoms with Gasteiger partial charge in [-0.1, -0.05) is 0 Å². The molecule has 0 saturated heterocycles. The van der Waals surface area contributed by atoms with Gasteiger partial charge < -0.3 is 9.73 Å². The molecular weight excluding hydrogens is 240 g/mol. The number of nitrogens with zero attached hydrogens (tertiary/aromatic N) is 1. The van der Waals surface area contributed by atoms with E-state index in [-0.39, 0.29) is 17.0 Å². The van der Waals surface area contributed by atoms with Crippen molar-refractivity contribution in [3.05, 3.63) is 17.8 Å². The van der Waals surface area contributed by atoms with Crippen LogP contribution in [0.2, 0.25) is 0 Å². The first-order chi connectivity index (χ1) is 7.83. The average molecular weight is 260 g/mol. The molecule has 0 saturated carbocycles. The topological polar surface area (TPSA) is 72.2 Å². The number of nitrogens with one attached hydrogen (secondary N) is 1. The van der Waals surface area contributed by atoms with Gasteiger partial charge >= 0.3 is 0 Å². The second-order valence-electron chi connectivity index (χ2n) is 4.40. The lowest BCUT2D eigenvalue weighted by atomic mass is 10.3. The minimum absolute atomic E-state index is 0.0777. The Morgan fingerprint density at radius 2 is 2.06 bits per heavy atom. The highest BCUT2D eigenvalue weighted by molar-refractivity contribution is 7.92. The number of sulfone groups is 1. The normalized spacial score (nSPS) is 14.2. The highest BCUT2D eigenvalue weighted by Gasteiger charge is 2.17. The summed E-state index contributed by atoms with van der Waals surface area (Å²) >= 11 is 0. The molecule has 1 atom stereocenters. The predicted octanol–water partition coefficient (Wildman–Crippen LogP) is 1.46. The van der Waals surface area contributed by atoms with Gasteiger partial charge in [0, 0.05) is 6.54 Å². The van der Waals surface area contributed by atoms with Gasteiger partial charge in [0.15, 0.2) is 9.84 Å². The van der Waals surface area contributed by atoms with Crippen LogP contribution in [0.1, 0.15) is 38.5 Å². The Hall–Kier alpha value is -0.880. The molecule has 1 rings (SSSR count). The van der Waals surface area contributed by atoms with E-state index in [4.69, 9.17) is 4.42 Å². The van der Waals surface area contributed by atoms with Gasteiger partial charge in [-0.2, -0.15) is 0 Å². The van der Waals surface area contributed by atoms with Gasteiger partial charge in [0.1, 0.15) is 5.76 Å². The van der Waals surface area contributed by atoms with E-state index in [9.17, 15) is 8.42 Å². The van der Waals surface area contributed by atoms with Crippen LogP contribution in [0.3, 0.4) is 0 Å². The third kappa shape index (κ3) is 4.12. The number of rotatable bonds is 6. The second-order valence-corrected chi connectivity index (χ2v) is 7.08. The Balaban J connectivity index is 2.42. The SMILES string of the molecule is Cc1cnc(C(C)NCCS(=O)(=O)C(C)C)o1. The van der Waals surface area contributed by atoms with Crippen molar-refractivity contribution in [1.29, 1.82) is 0 Å². The Morgan fingerprint density at radius 1 is 1.41 bits per heavy atom. The van der Waals surface area contributed by atoms with Gasteiger partial charge in [0.25, 0.3) is 0 Å². The zero-order valence-electron chi connectivity index (χ0n) is 10.7. The second kappa shape index (κ2) is 5.64. The molecule has 0 bridgehead atoms. The summed E-state index contributed by atoms with van der Waals surface area (Å²) < 4.78 is 28.5. The molecule has 0 aliphatic rings. The lowest BCUT2D eigenvalue weighted by molar-refractivity contribution is 0.408. The summed E-state index contributed by atoms with van der Waals surface area (Å²) in [5, 5.41) is 2.76. The summed E-state index contributed by atoms with van der Waals surface area (Å²) in [6.07, 6.45) is 1.65.